The average molecular weight is 220 g/mol. The molecule has 1 atom stereocenters. The van der Waals surface area contributed by atoms with Gasteiger partial charge in [0.1, 0.15) is 0 Å². The monoisotopic (exact) mass is 220 g/mol. The molecule has 2 rings (SSSR count). The van der Waals surface area contributed by atoms with Crippen molar-refractivity contribution in [1.82, 2.24) is 9.88 Å². The molecule has 3 nitrogen and oxygen atoms in total. The van der Waals surface area contributed by atoms with Crippen molar-refractivity contribution in [3.63, 3.8) is 0 Å². The van der Waals surface area contributed by atoms with E-state index >= 15 is 0 Å². The normalized spacial score (nSPS) is 21.9. The van der Waals surface area contributed by atoms with E-state index in [0.717, 1.165) is 5.56 Å². The topological polar surface area (TPSA) is 36.1 Å². The molecule has 2 heterocycles. The van der Waals surface area contributed by atoms with Gasteiger partial charge in [-0.1, -0.05) is 0 Å². The number of nitrogens with one attached hydrogen (secondary N) is 1. The molecule has 0 unspecified atom stereocenters. The van der Waals surface area contributed by atoms with E-state index in [0.29, 0.717) is 12.1 Å². The molecule has 0 aromatic carbocycles. The zero-order valence-corrected chi connectivity index (χ0v) is 10.3. The number of aryl methyl sites for hydroxylation is 1. The molecule has 88 valence electrons. The van der Waals surface area contributed by atoms with E-state index in [2.05, 4.69) is 23.7 Å². The molecule has 0 bridgehead atoms. The lowest BCUT2D eigenvalue weighted by Gasteiger charge is -2.29. The SMILES string of the molecule is Cc1cc(=O)[nH]cc1[C@H]1CCCN1C(C)C. The maximum Gasteiger partial charge on any atom is 0.248 e. The van der Waals surface area contributed by atoms with E-state index in [1.807, 2.05) is 13.1 Å². The molecule has 1 fully saturated rings. The van der Waals surface area contributed by atoms with Crippen LogP contribution in [0.2, 0.25) is 0 Å². The summed E-state index contributed by atoms with van der Waals surface area (Å²) in [5, 5.41) is 0. The molecule has 1 aliphatic heterocycles. The molecule has 0 saturated carbocycles. The lowest BCUT2D eigenvalue weighted by atomic mass is 10.0. The number of rotatable bonds is 2. The Morgan fingerprint density at radius 3 is 2.88 bits per heavy atom. The lowest BCUT2D eigenvalue weighted by Crippen LogP contribution is -2.31. The van der Waals surface area contributed by atoms with Crippen LogP contribution in [0.25, 0.3) is 0 Å². The molecule has 1 aromatic rings. The Morgan fingerprint density at radius 1 is 1.50 bits per heavy atom. The number of pyridine rings is 1. The Balaban J connectivity index is 2.33. The Hall–Kier alpha value is -1.09. The number of nitrogens with zero attached hydrogens (tertiary/aromatic N) is 1. The number of aromatic amines is 1. The van der Waals surface area contributed by atoms with Crippen LogP contribution in [-0.4, -0.2) is 22.5 Å². The van der Waals surface area contributed by atoms with Gasteiger partial charge < -0.3 is 4.98 Å². The van der Waals surface area contributed by atoms with E-state index in [1.54, 1.807) is 6.07 Å². The first-order valence-electron chi connectivity index (χ1n) is 6.04. The van der Waals surface area contributed by atoms with Crippen LogP contribution in [0.4, 0.5) is 0 Å². The fourth-order valence-electron chi connectivity index (χ4n) is 2.68. The van der Waals surface area contributed by atoms with Crippen LogP contribution in [-0.2, 0) is 0 Å². The fourth-order valence-corrected chi connectivity index (χ4v) is 2.68. The van der Waals surface area contributed by atoms with Crippen molar-refractivity contribution < 1.29 is 0 Å². The van der Waals surface area contributed by atoms with Gasteiger partial charge in [-0.05, 0) is 51.3 Å². The molecular weight excluding hydrogens is 200 g/mol. The smallest absolute Gasteiger partial charge is 0.248 e. The summed E-state index contributed by atoms with van der Waals surface area (Å²) in [6, 6.07) is 2.75. The van der Waals surface area contributed by atoms with Gasteiger partial charge in [0.25, 0.3) is 0 Å². The quantitative estimate of drug-likeness (QED) is 0.829. The first-order chi connectivity index (χ1) is 7.59. The highest BCUT2D eigenvalue weighted by Crippen LogP contribution is 2.34. The number of aromatic nitrogens is 1. The first kappa shape index (κ1) is 11.4. The second-order valence-corrected chi connectivity index (χ2v) is 4.93. The Labute approximate surface area is 96.5 Å². The minimum absolute atomic E-state index is 0.00431. The van der Waals surface area contributed by atoms with Crippen molar-refractivity contribution in [1.29, 1.82) is 0 Å². The van der Waals surface area contributed by atoms with Crippen LogP contribution in [0.3, 0.4) is 0 Å². The highest BCUT2D eigenvalue weighted by molar-refractivity contribution is 5.26. The summed E-state index contributed by atoms with van der Waals surface area (Å²) in [5.41, 5.74) is 2.39. The second-order valence-electron chi connectivity index (χ2n) is 4.93. The van der Waals surface area contributed by atoms with Crippen LogP contribution in [0.1, 0.15) is 43.9 Å². The van der Waals surface area contributed by atoms with E-state index in [-0.39, 0.29) is 5.56 Å². The van der Waals surface area contributed by atoms with Gasteiger partial charge in [-0.25, -0.2) is 0 Å². The van der Waals surface area contributed by atoms with Crippen molar-refractivity contribution in [2.75, 3.05) is 6.54 Å². The number of hydrogen-bond acceptors (Lipinski definition) is 2. The van der Waals surface area contributed by atoms with Gasteiger partial charge in [0, 0.05) is 24.3 Å². The minimum atomic E-state index is -0.00431. The summed E-state index contributed by atoms with van der Waals surface area (Å²) >= 11 is 0. The van der Waals surface area contributed by atoms with E-state index < -0.39 is 0 Å². The molecule has 0 spiro atoms. The Morgan fingerprint density at radius 2 is 2.25 bits per heavy atom. The molecule has 1 N–H and O–H groups in total. The molecule has 1 saturated heterocycles. The summed E-state index contributed by atoms with van der Waals surface area (Å²) in [4.78, 5) is 16.5. The van der Waals surface area contributed by atoms with Crippen molar-refractivity contribution in [2.45, 2.75) is 45.7 Å². The third-order valence-electron chi connectivity index (χ3n) is 3.49. The summed E-state index contributed by atoms with van der Waals surface area (Å²) in [6.45, 7) is 7.67. The van der Waals surface area contributed by atoms with Crippen LogP contribution in [0, 0.1) is 6.92 Å². The summed E-state index contributed by atoms with van der Waals surface area (Å²) in [7, 11) is 0. The van der Waals surface area contributed by atoms with Crippen molar-refractivity contribution in [3.8, 4) is 0 Å². The van der Waals surface area contributed by atoms with Gasteiger partial charge in [0.05, 0.1) is 0 Å². The zero-order valence-electron chi connectivity index (χ0n) is 10.3. The van der Waals surface area contributed by atoms with Crippen LogP contribution in [0.15, 0.2) is 17.1 Å². The van der Waals surface area contributed by atoms with Gasteiger partial charge >= 0.3 is 0 Å². The third kappa shape index (κ3) is 2.05. The summed E-state index contributed by atoms with van der Waals surface area (Å²) < 4.78 is 0. The van der Waals surface area contributed by atoms with E-state index in [1.165, 1.54) is 24.9 Å². The first-order valence-corrected chi connectivity index (χ1v) is 6.04. The summed E-state index contributed by atoms with van der Waals surface area (Å²) in [5.74, 6) is 0. The van der Waals surface area contributed by atoms with Crippen LogP contribution in [0.5, 0.6) is 0 Å². The van der Waals surface area contributed by atoms with Gasteiger partial charge in [0.15, 0.2) is 0 Å². The molecular formula is C13H20N2O. The Bertz CT molecular complexity index is 422. The van der Waals surface area contributed by atoms with Crippen molar-refractivity contribution >= 4 is 0 Å². The largest absolute Gasteiger partial charge is 0.329 e. The van der Waals surface area contributed by atoms with E-state index in [4.69, 9.17) is 0 Å². The molecule has 16 heavy (non-hydrogen) atoms. The minimum Gasteiger partial charge on any atom is -0.329 e. The number of likely N-dealkylation sites (tertiary alicyclic amines) is 1. The molecule has 3 heteroatoms. The van der Waals surface area contributed by atoms with Gasteiger partial charge in [-0.3, -0.25) is 9.69 Å². The van der Waals surface area contributed by atoms with Gasteiger partial charge in [-0.2, -0.15) is 0 Å². The van der Waals surface area contributed by atoms with Gasteiger partial charge in [-0.15, -0.1) is 0 Å². The van der Waals surface area contributed by atoms with Crippen LogP contribution < -0.4 is 5.56 Å². The molecule has 0 aliphatic carbocycles. The molecule has 1 aromatic heterocycles. The highest BCUT2D eigenvalue weighted by Gasteiger charge is 2.28. The third-order valence-corrected chi connectivity index (χ3v) is 3.49. The summed E-state index contributed by atoms with van der Waals surface area (Å²) in [6.07, 6.45) is 4.34. The predicted octanol–water partition coefficient (Wildman–Crippen LogP) is 2.23. The standard InChI is InChI=1S/C13H20N2O/c1-9(2)15-6-4-5-12(15)11-8-14-13(16)7-10(11)3/h7-9,12H,4-6H2,1-3H3,(H,14,16)/t12-/m1/s1. The fraction of sp³-hybridized carbons (Fsp3) is 0.615. The number of hydrogen-bond donors (Lipinski definition) is 1. The molecule has 0 amide bonds. The second kappa shape index (κ2) is 4.42. The van der Waals surface area contributed by atoms with Crippen molar-refractivity contribution in [3.05, 3.63) is 33.7 Å². The zero-order chi connectivity index (χ0) is 11.7. The lowest BCUT2D eigenvalue weighted by molar-refractivity contribution is 0.204. The van der Waals surface area contributed by atoms with E-state index in [9.17, 15) is 4.79 Å². The maximum absolute atomic E-state index is 11.2. The Kier molecular flexibility index (Phi) is 3.15. The van der Waals surface area contributed by atoms with Crippen LogP contribution >= 0.6 is 0 Å². The number of H-pyrrole nitrogens is 1. The maximum atomic E-state index is 11.2. The van der Waals surface area contributed by atoms with Gasteiger partial charge in [0.2, 0.25) is 5.56 Å². The molecule has 0 radical (unpaired) electrons. The van der Waals surface area contributed by atoms with Crippen molar-refractivity contribution in [2.24, 2.45) is 0 Å². The highest BCUT2D eigenvalue weighted by atomic mass is 16.1. The predicted molar refractivity (Wildman–Crippen MR) is 65.6 cm³/mol. The average Bonchev–Trinajstić information content (AvgIpc) is 2.66. The molecule has 1 aliphatic rings.